The summed E-state index contributed by atoms with van der Waals surface area (Å²) in [5.74, 6) is -0.629. The molecule has 5 fully saturated rings. The van der Waals surface area contributed by atoms with Crippen LogP contribution in [0.1, 0.15) is 79.9 Å². The topological polar surface area (TPSA) is 225 Å². The first kappa shape index (κ1) is 49.8. The minimum Gasteiger partial charge on any atom is -0.489 e. The number of hydrogen-bond donors (Lipinski definition) is 3. The van der Waals surface area contributed by atoms with Gasteiger partial charge in [0.15, 0.2) is 11.4 Å². The fourth-order valence-electron chi connectivity index (χ4n) is 12.9. The van der Waals surface area contributed by atoms with Crippen LogP contribution < -0.4 is 29.3 Å². The van der Waals surface area contributed by atoms with Gasteiger partial charge in [-0.3, -0.25) is 24.7 Å². The van der Waals surface area contributed by atoms with E-state index in [1.54, 1.807) is 26.1 Å². The van der Waals surface area contributed by atoms with Gasteiger partial charge in [0.05, 0.1) is 51.6 Å². The van der Waals surface area contributed by atoms with Crippen LogP contribution in [0.4, 0.5) is 28.4 Å². The predicted octanol–water partition coefficient (Wildman–Crippen LogP) is 6.31. The first-order valence-electron chi connectivity index (χ1n) is 26.3. The Morgan fingerprint density at radius 3 is 2.48 bits per heavy atom. The molecule has 0 radical (unpaired) electrons. The molecule has 5 aromatic rings. The van der Waals surface area contributed by atoms with E-state index in [2.05, 4.69) is 60.9 Å². The van der Waals surface area contributed by atoms with Crippen molar-refractivity contribution in [1.82, 2.24) is 28.8 Å². The molecular formula is C53H64N10O10S2. The molecule has 12 rings (SSSR count). The second kappa shape index (κ2) is 19.2. The molecule has 0 bridgehead atoms. The Morgan fingerprint density at radius 2 is 1.72 bits per heavy atom. The van der Waals surface area contributed by atoms with Gasteiger partial charge in [0, 0.05) is 87.3 Å². The number of carbonyl (C=O) groups excluding carboxylic acids is 1. The summed E-state index contributed by atoms with van der Waals surface area (Å²) >= 11 is 0. The molecule has 1 saturated carbocycles. The van der Waals surface area contributed by atoms with Crippen LogP contribution >= 0.6 is 0 Å². The number of anilines is 4. The van der Waals surface area contributed by atoms with Crippen LogP contribution in [0.3, 0.4) is 0 Å². The summed E-state index contributed by atoms with van der Waals surface area (Å²) in [5.41, 5.74) is 5.20. The summed E-state index contributed by atoms with van der Waals surface area (Å²) in [6.07, 6.45) is 8.20. The van der Waals surface area contributed by atoms with Gasteiger partial charge in [0.1, 0.15) is 24.0 Å². The number of carbonyl (C=O) groups is 1. The maximum absolute atomic E-state index is 14.8. The molecule has 22 heteroatoms. The van der Waals surface area contributed by atoms with Crippen molar-refractivity contribution in [3.63, 3.8) is 0 Å². The number of rotatable bonds is 12. The maximum atomic E-state index is 14.8. The lowest BCUT2D eigenvalue weighted by Crippen LogP contribution is -2.55. The highest BCUT2D eigenvalue weighted by atomic mass is 32.2. The number of fused-ring (bicyclic) bond motifs is 4. The normalized spacial score (nSPS) is 24.3. The molecular weight excluding hydrogens is 1000 g/mol. The van der Waals surface area contributed by atoms with E-state index in [0.29, 0.717) is 67.7 Å². The highest BCUT2D eigenvalue weighted by Gasteiger charge is 2.50. The summed E-state index contributed by atoms with van der Waals surface area (Å²) < 4.78 is 76.4. The van der Waals surface area contributed by atoms with Crippen molar-refractivity contribution in [2.45, 2.75) is 99.7 Å². The molecule has 20 nitrogen and oxygen atoms in total. The van der Waals surface area contributed by atoms with E-state index >= 15 is 0 Å². The van der Waals surface area contributed by atoms with E-state index in [1.807, 2.05) is 29.2 Å². The number of benzene rings is 3. The minimum absolute atomic E-state index is 0.0176. The van der Waals surface area contributed by atoms with Crippen molar-refractivity contribution in [2.24, 2.45) is 5.41 Å². The number of likely N-dealkylation sites (tertiary alicyclic amines) is 1. The van der Waals surface area contributed by atoms with Gasteiger partial charge in [-0.1, -0.05) is 24.3 Å². The summed E-state index contributed by atoms with van der Waals surface area (Å²) in [4.78, 5) is 43.4. The number of nitro benzene ring substituents is 1. The van der Waals surface area contributed by atoms with Gasteiger partial charge in [-0.25, -0.2) is 21.6 Å². The zero-order chi connectivity index (χ0) is 52.0. The maximum Gasteiger partial charge on any atom is 0.297 e. The van der Waals surface area contributed by atoms with Crippen LogP contribution in [0.25, 0.3) is 11.0 Å². The number of nitrogens with one attached hydrogen (secondary N) is 3. The van der Waals surface area contributed by atoms with Crippen LogP contribution in [0, 0.1) is 22.5 Å². The Labute approximate surface area is 436 Å². The number of sulfonamides is 2. The van der Waals surface area contributed by atoms with Crippen molar-refractivity contribution in [1.29, 1.82) is 0 Å². The summed E-state index contributed by atoms with van der Waals surface area (Å²) in [6, 6.07) is 20.5. The highest BCUT2D eigenvalue weighted by molar-refractivity contribution is 7.90. The number of pyridine rings is 1. The number of piperazine rings is 1. The number of nitrogens with zero attached hydrogens (tertiary/aromatic N) is 7. The average molecular weight is 1070 g/mol. The first-order valence-corrected chi connectivity index (χ1v) is 29.3. The lowest BCUT2D eigenvalue weighted by Gasteiger charge is -2.56. The number of aromatic nitrogens is 2. The fraction of sp³-hybridized carbons (Fsp3) is 0.509. The summed E-state index contributed by atoms with van der Waals surface area (Å²) in [5, 5.41) is 16.1. The monoisotopic (exact) mass is 1060 g/mol. The molecule has 4 saturated heterocycles. The lowest BCUT2D eigenvalue weighted by molar-refractivity contribution is -0.384. The number of nitro groups is 1. The molecule has 0 unspecified atom stereocenters. The zero-order valence-corrected chi connectivity index (χ0v) is 44.1. The van der Waals surface area contributed by atoms with Crippen LogP contribution in [0.15, 0.2) is 77.8 Å². The average Bonchev–Trinajstić information content (AvgIpc) is 4.19. The summed E-state index contributed by atoms with van der Waals surface area (Å²) in [6.45, 7) is 10.9. The molecule has 1 spiro atoms. The molecule has 6 aliphatic heterocycles. The first-order chi connectivity index (χ1) is 36.0. The number of H-pyrrole nitrogens is 1. The number of amides is 1. The Bertz CT molecular complexity index is 3280. The Hall–Kier alpha value is -6.04. The SMILES string of the molecule is Cc1ccccc1[C@@H]1CCCN1C1CC2(CCN(c3ccc(C(=O)NS(=O)(=O)c4cc5c(c([N+](=O)[O-])c4)N[C@H](CN4CCN(S(=O)(=O)C(C)C)CC4)CO5)c(N4c5cc6cc[nH]c6nc5O[C@@H]5COC[C@H]54)c3)CC2)C1. The van der Waals surface area contributed by atoms with Crippen molar-refractivity contribution in [3.05, 3.63) is 99.7 Å². The van der Waals surface area contributed by atoms with Crippen LogP contribution in [-0.4, -0.2) is 153 Å². The number of aromatic amines is 1. The third-order valence-electron chi connectivity index (χ3n) is 17.0. The van der Waals surface area contributed by atoms with Gasteiger partial charge in [0.2, 0.25) is 15.9 Å². The lowest BCUT2D eigenvalue weighted by atomic mass is 9.59. The zero-order valence-electron chi connectivity index (χ0n) is 42.4. The van der Waals surface area contributed by atoms with E-state index < -0.39 is 58.9 Å². The standard InChI is InChI=1S/C53H64N10O10S2/c1-33(2)75(69,70)60-21-19-58(20-22-60)29-36-30-72-47-26-39(25-44(63(65)66)49(47)55-36)74(67,68)57-51(64)41-11-10-37(24-43(41)62-45-23-35-12-15-54-50(35)56-52(45)73-48-32-71-31-46(48)62)59-17-13-53(14-18-59)27-38(28-53)61-16-6-9-42(61)40-8-5-4-7-34(40)3/h4-5,7-8,10-12,15,23-26,33,36,38,42,46,48,55H,6,9,13-14,16-22,27-32H2,1-3H3,(H,54,56)(H,57,64)/t36-,42+,46-,48-/m1/s1. The highest BCUT2D eigenvalue weighted by Crippen LogP contribution is 2.55. The molecule has 2 aromatic heterocycles. The van der Waals surface area contributed by atoms with Crippen molar-refractivity contribution >= 4 is 65.4 Å². The molecule has 7 aliphatic rings. The molecule has 398 valence electrons. The van der Waals surface area contributed by atoms with Gasteiger partial charge in [-0.05, 0) is 113 Å². The van der Waals surface area contributed by atoms with Crippen LogP contribution in [0.2, 0.25) is 0 Å². The minimum atomic E-state index is -4.75. The summed E-state index contributed by atoms with van der Waals surface area (Å²) in [7, 11) is -8.15. The van der Waals surface area contributed by atoms with Gasteiger partial charge < -0.3 is 34.3 Å². The quantitative estimate of drug-likeness (QED) is 0.0919. The Balaban J connectivity index is 0.799. The largest absolute Gasteiger partial charge is 0.489 e. The van der Waals surface area contributed by atoms with Crippen molar-refractivity contribution in [2.75, 3.05) is 87.3 Å². The van der Waals surface area contributed by atoms with Crippen molar-refractivity contribution in [3.8, 4) is 11.6 Å². The molecule has 4 atom stereocenters. The smallest absolute Gasteiger partial charge is 0.297 e. The third kappa shape index (κ3) is 9.13. The van der Waals surface area contributed by atoms with Gasteiger partial charge in [-0.15, -0.1) is 0 Å². The number of hydrogen-bond acceptors (Lipinski definition) is 16. The Morgan fingerprint density at radius 1 is 0.933 bits per heavy atom. The molecule has 1 amide bonds. The van der Waals surface area contributed by atoms with Crippen molar-refractivity contribution < 1.29 is 40.8 Å². The van der Waals surface area contributed by atoms with Crippen LogP contribution in [-0.2, 0) is 24.8 Å². The molecule has 1 aliphatic carbocycles. The predicted molar refractivity (Wildman–Crippen MR) is 283 cm³/mol. The van der Waals surface area contributed by atoms with E-state index in [1.165, 1.54) is 47.2 Å². The second-order valence-corrected chi connectivity index (χ2v) is 26.0. The van der Waals surface area contributed by atoms with Gasteiger partial charge >= 0.3 is 0 Å². The van der Waals surface area contributed by atoms with Gasteiger partial charge in [0.25, 0.3) is 21.6 Å². The fourth-order valence-corrected chi connectivity index (χ4v) is 15.1. The van der Waals surface area contributed by atoms with E-state index in [-0.39, 0.29) is 48.3 Å². The molecule has 8 heterocycles. The second-order valence-electron chi connectivity index (χ2n) is 21.8. The van der Waals surface area contributed by atoms with Crippen LogP contribution in [0.5, 0.6) is 11.6 Å². The number of ether oxygens (including phenoxy) is 3. The molecule has 3 aromatic carbocycles. The molecule has 75 heavy (non-hydrogen) atoms. The van der Waals surface area contributed by atoms with E-state index in [9.17, 15) is 31.7 Å². The Kier molecular flexibility index (Phi) is 12.8. The number of aryl methyl sites for hydroxylation is 1. The number of piperidine rings is 1. The third-order valence-corrected chi connectivity index (χ3v) is 20.6. The van der Waals surface area contributed by atoms with E-state index in [4.69, 9.17) is 19.2 Å². The molecule has 3 N–H and O–H groups in total. The van der Waals surface area contributed by atoms with Gasteiger partial charge in [-0.2, -0.15) is 9.29 Å². The van der Waals surface area contributed by atoms with E-state index in [0.717, 1.165) is 49.6 Å².